The second-order valence-corrected chi connectivity index (χ2v) is 4.12. The maximum atomic E-state index is 12.6. The number of halogens is 3. The van der Waals surface area contributed by atoms with Gasteiger partial charge in [-0.1, -0.05) is 20.3 Å². The van der Waals surface area contributed by atoms with Gasteiger partial charge in [0.15, 0.2) is 5.69 Å². The SMILES string of the molecule is CC[C@H]1Cc2c(C(F)(F)F)n[nH]c2[C@H]1C. The summed E-state index contributed by atoms with van der Waals surface area (Å²) in [5.41, 5.74) is 0.330. The summed E-state index contributed by atoms with van der Waals surface area (Å²) in [6.45, 7) is 3.96. The van der Waals surface area contributed by atoms with Gasteiger partial charge >= 0.3 is 6.18 Å². The van der Waals surface area contributed by atoms with Gasteiger partial charge in [-0.2, -0.15) is 18.3 Å². The van der Waals surface area contributed by atoms with Crippen LogP contribution >= 0.6 is 0 Å². The first-order chi connectivity index (χ1) is 6.95. The fourth-order valence-electron chi connectivity index (χ4n) is 2.37. The van der Waals surface area contributed by atoms with Crippen molar-refractivity contribution in [2.75, 3.05) is 0 Å². The van der Waals surface area contributed by atoms with Crippen molar-refractivity contribution in [1.29, 1.82) is 0 Å². The number of aromatic nitrogens is 2. The van der Waals surface area contributed by atoms with E-state index in [0.717, 1.165) is 6.42 Å². The van der Waals surface area contributed by atoms with Crippen molar-refractivity contribution in [2.24, 2.45) is 5.92 Å². The van der Waals surface area contributed by atoms with E-state index in [2.05, 4.69) is 10.2 Å². The van der Waals surface area contributed by atoms with Crippen LogP contribution in [0.2, 0.25) is 0 Å². The van der Waals surface area contributed by atoms with E-state index in [1.54, 1.807) is 0 Å². The zero-order valence-electron chi connectivity index (χ0n) is 8.65. The summed E-state index contributed by atoms with van der Waals surface area (Å²) >= 11 is 0. The third kappa shape index (κ3) is 1.54. The Morgan fingerprint density at radius 1 is 1.47 bits per heavy atom. The fourth-order valence-corrected chi connectivity index (χ4v) is 2.37. The molecule has 0 fully saturated rings. The van der Waals surface area contributed by atoms with E-state index in [1.807, 2.05) is 13.8 Å². The molecule has 2 nitrogen and oxygen atoms in total. The molecule has 0 spiro atoms. The molecule has 2 atom stereocenters. The van der Waals surface area contributed by atoms with Crippen molar-refractivity contribution in [3.8, 4) is 0 Å². The zero-order chi connectivity index (χ0) is 11.2. The molecular formula is C10H13F3N2. The summed E-state index contributed by atoms with van der Waals surface area (Å²) in [6, 6.07) is 0. The Bertz CT molecular complexity index is 367. The summed E-state index contributed by atoms with van der Waals surface area (Å²) in [7, 11) is 0. The van der Waals surface area contributed by atoms with Gasteiger partial charge in [0.25, 0.3) is 0 Å². The van der Waals surface area contributed by atoms with E-state index in [9.17, 15) is 13.2 Å². The Kier molecular flexibility index (Phi) is 2.28. The summed E-state index contributed by atoms with van der Waals surface area (Å²) in [5.74, 6) is 0.476. The molecule has 0 aliphatic heterocycles. The van der Waals surface area contributed by atoms with Crippen LogP contribution in [-0.4, -0.2) is 10.2 Å². The van der Waals surface area contributed by atoms with E-state index in [0.29, 0.717) is 23.6 Å². The molecule has 1 aromatic heterocycles. The maximum absolute atomic E-state index is 12.6. The van der Waals surface area contributed by atoms with Gasteiger partial charge in [-0.25, -0.2) is 0 Å². The molecule has 5 heteroatoms. The number of aromatic amines is 1. The van der Waals surface area contributed by atoms with Crippen molar-refractivity contribution in [3.05, 3.63) is 17.0 Å². The highest BCUT2D eigenvalue weighted by atomic mass is 19.4. The lowest BCUT2D eigenvalue weighted by atomic mass is 9.94. The Morgan fingerprint density at radius 2 is 2.13 bits per heavy atom. The largest absolute Gasteiger partial charge is 0.435 e. The molecule has 1 aliphatic carbocycles. The van der Waals surface area contributed by atoms with E-state index < -0.39 is 11.9 Å². The molecule has 1 N–H and O–H groups in total. The van der Waals surface area contributed by atoms with Gasteiger partial charge in [-0.15, -0.1) is 0 Å². The number of alkyl halides is 3. The van der Waals surface area contributed by atoms with Crippen LogP contribution in [0.1, 0.15) is 43.1 Å². The molecular weight excluding hydrogens is 205 g/mol. The van der Waals surface area contributed by atoms with Gasteiger partial charge in [0.2, 0.25) is 0 Å². The molecule has 0 unspecified atom stereocenters. The molecule has 84 valence electrons. The number of hydrogen-bond donors (Lipinski definition) is 1. The van der Waals surface area contributed by atoms with Crippen LogP contribution in [0.15, 0.2) is 0 Å². The molecule has 0 saturated carbocycles. The van der Waals surface area contributed by atoms with E-state index in [-0.39, 0.29) is 5.92 Å². The van der Waals surface area contributed by atoms with Crippen molar-refractivity contribution in [1.82, 2.24) is 10.2 Å². The lowest BCUT2D eigenvalue weighted by Crippen LogP contribution is -2.10. The quantitative estimate of drug-likeness (QED) is 0.770. The van der Waals surface area contributed by atoms with Crippen LogP contribution in [0.4, 0.5) is 13.2 Å². The Hall–Kier alpha value is -1.00. The predicted octanol–water partition coefficient (Wildman–Crippen LogP) is 3.11. The number of rotatable bonds is 1. The highest BCUT2D eigenvalue weighted by Crippen LogP contribution is 2.43. The number of fused-ring (bicyclic) bond motifs is 1. The highest BCUT2D eigenvalue weighted by Gasteiger charge is 2.42. The van der Waals surface area contributed by atoms with Crippen molar-refractivity contribution in [3.63, 3.8) is 0 Å². The summed E-state index contributed by atoms with van der Waals surface area (Å²) < 4.78 is 37.7. The molecule has 0 aromatic carbocycles. The number of H-pyrrole nitrogens is 1. The molecule has 0 radical (unpaired) electrons. The van der Waals surface area contributed by atoms with Crippen LogP contribution in [0.5, 0.6) is 0 Å². The third-order valence-electron chi connectivity index (χ3n) is 3.32. The van der Waals surface area contributed by atoms with Gasteiger partial charge in [0, 0.05) is 17.2 Å². The highest BCUT2D eigenvalue weighted by molar-refractivity contribution is 5.35. The molecule has 0 bridgehead atoms. The summed E-state index contributed by atoms with van der Waals surface area (Å²) in [5, 5.41) is 5.92. The molecule has 1 aromatic rings. The number of nitrogens with zero attached hydrogens (tertiary/aromatic N) is 1. The van der Waals surface area contributed by atoms with Crippen LogP contribution in [-0.2, 0) is 12.6 Å². The van der Waals surface area contributed by atoms with E-state index >= 15 is 0 Å². The standard InChI is InChI=1S/C10H13F3N2/c1-3-6-4-7-8(5(6)2)14-15-9(7)10(11,12)13/h5-6H,3-4H2,1-2H3,(H,14,15)/t5-,6-/m0/s1. The normalized spacial score (nSPS) is 25.7. The van der Waals surface area contributed by atoms with Crippen LogP contribution in [0.25, 0.3) is 0 Å². The van der Waals surface area contributed by atoms with Crippen LogP contribution in [0.3, 0.4) is 0 Å². The Labute approximate surface area is 85.9 Å². The van der Waals surface area contributed by atoms with Gasteiger partial charge < -0.3 is 0 Å². The fraction of sp³-hybridized carbons (Fsp3) is 0.700. The maximum Gasteiger partial charge on any atom is 0.435 e. The third-order valence-corrected chi connectivity index (χ3v) is 3.32. The smallest absolute Gasteiger partial charge is 0.281 e. The topological polar surface area (TPSA) is 28.7 Å². The summed E-state index contributed by atoms with van der Waals surface area (Å²) in [6.07, 6.45) is -2.92. The Balaban J connectivity index is 2.40. The van der Waals surface area contributed by atoms with Crippen molar-refractivity contribution >= 4 is 0 Å². The van der Waals surface area contributed by atoms with E-state index in [4.69, 9.17) is 0 Å². The monoisotopic (exact) mass is 218 g/mol. The first-order valence-corrected chi connectivity index (χ1v) is 5.09. The minimum atomic E-state index is -4.33. The first kappa shape index (κ1) is 10.5. The second-order valence-electron chi connectivity index (χ2n) is 4.12. The average Bonchev–Trinajstić information content (AvgIpc) is 2.65. The molecule has 1 heterocycles. The van der Waals surface area contributed by atoms with Crippen LogP contribution < -0.4 is 0 Å². The van der Waals surface area contributed by atoms with Crippen LogP contribution in [0, 0.1) is 5.92 Å². The van der Waals surface area contributed by atoms with Gasteiger partial charge in [-0.3, -0.25) is 5.10 Å². The van der Waals surface area contributed by atoms with Gasteiger partial charge in [0.05, 0.1) is 0 Å². The molecule has 2 rings (SSSR count). The Morgan fingerprint density at radius 3 is 2.67 bits per heavy atom. The van der Waals surface area contributed by atoms with Crippen molar-refractivity contribution < 1.29 is 13.2 Å². The molecule has 0 saturated heterocycles. The lowest BCUT2D eigenvalue weighted by molar-refractivity contribution is -0.141. The first-order valence-electron chi connectivity index (χ1n) is 5.09. The summed E-state index contributed by atoms with van der Waals surface area (Å²) in [4.78, 5) is 0. The molecule has 15 heavy (non-hydrogen) atoms. The zero-order valence-corrected chi connectivity index (χ0v) is 8.65. The number of hydrogen-bond acceptors (Lipinski definition) is 1. The predicted molar refractivity (Wildman–Crippen MR) is 49.5 cm³/mol. The second kappa shape index (κ2) is 3.25. The van der Waals surface area contributed by atoms with E-state index in [1.165, 1.54) is 0 Å². The van der Waals surface area contributed by atoms with Gasteiger partial charge in [0.1, 0.15) is 0 Å². The lowest BCUT2D eigenvalue weighted by Gasteiger charge is -2.12. The minimum Gasteiger partial charge on any atom is -0.281 e. The number of nitrogens with one attached hydrogen (secondary N) is 1. The minimum absolute atomic E-state index is 0.161. The molecule has 0 amide bonds. The van der Waals surface area contributed by atoms with Crippen molar-refractivity contribution in [2.45, 2.75) is 38.8 Å². The molecule has 1 aliphatic rings. The van der Waals surface area contributed by atoms with Gasteiger partial charge in [-0.05, 0) is 12.3 Å². The average molecular weight is 218 g/mol.